The van der Waals surface area contributed by atoms with Crippen molar-refractivity contribution in [1.82, 2.24) is 4.98 Å². The second kappa shape index (κ2) is 8.50. The summed E-state index contributed by atoms with van der Waals surface area (Å²) in [4.78, 5) is 17.6. The van der Waals surface area contributed by atoms with E-state index < -0.39 is 5.60 Å². The maximum Gasteiger partial charge on any atom is 0.210 e. The molecule has 0 aliphatic carbocycles. The minimum Gasteiger partial charge on any atom is -0.497 e. The van der Waals surface area contributed by atoms with E-state index in [1.54, 1.807) is 21.0 Å². The number of pyridine rings is 1. The molecule has 0 amide bonds. The number of aryl methyl sites for hydroxylation is 2. The van der Waals surface area contributed by atoms with Crippen molar-refractivity contribution in [3.8, 4) is 11.5 Å². The molecule has 5 heteroatoms. The molecule has 0 fully saturated rings. The van der Waals surface area contributed by atoms with Gasteiger partial charge in [0, 0.05) is 11.8 Å². The number of carbonyl (C=O) groups is 1. The third-order valence-corrected chi connectivity index (χ3v) is 5.55. The van der Waals surface area contributed by atoms with E-state index >= 15 is 0 Å². The Bertz CT molecular complexity index is 1180. The Morgan fingerprint density at radius 1 is 0.938 bits per heavy atom. The molecule has 1 aliphatic rings. The van der Waals surface area contributed by atoms with Crippen molar-refractivity contribution in [3.05, 3.63) is 88.7 Å². The topological polar surface area (TPSA) is 57.7 Å². The molecule has 2 heterocycles. The summed E-state index contributed by atoms with van der Waals surface area (Å²) in [5.74, 6) is 2.00. The Kier molecular flexibility index (Phi) is 5.74. The van der Waals surface area contributed by atoms with Gasteiger partial charge >= 0.3 is 0 Å². The summed E-state index contributed by atoms with van der Waals surface area (Å²) in [5, 5.41) is 0. The van der Waals surface area contributed by atoms with Crippen LogP contribution in [0.5, 0.6) is 11.5 Å². The van der Waals surface area contributed by atoms with Gasteiger partial charge in [-0.2, -0.15) is 0 Å². The summed E-state index contributed by atoms with van der Waals surface area (Å²) < 4.78 is 17.3. The van der Waals surface area contributed by atoms with Gasteiger partial charge in [-0.3, -0.25) is 9.78 Å². The normalized spacial score (nSPS) is 15.0. The van der Waals surface area contributed by atoms with Crippen LogP contribution >= 0.6 is 0 Å². The highest BCUT2D eigenvalue weighted by molar-refractivity contribution is 6.32. The van der Waals surface area contributed by atoms with Gasteiger partial charge in [-0.1, -0.05) is 18.2 Å². The van der Waals surface area contributed by atoms with E-state index in [2.05, 4.69) is 11.1 Å². The van der Waals surface area contributed by atoms with Crippen molar-refractivity contribution in [2.24, 2.45) is 0 Å². The number of hydrogen-bond donors (Lipinski definition) is 0. The Hall–Kier alpha value is -3.60. The highest BCUT2D eigenvalue weighted by Gasteiger charge is 2.42. The second-order valence-corrected chi connectivity index (χ2v) is 8.46. The van der Waals surface area contributed by atoms with Crippen LogP contribution in [0, 0.1) is 13.8 Å². The molecular formula is C27H27NO4. The van der Waals surface area contributed by atoms with Crippen LogP contribution in [-0.2, 0) is 16.1 Å². The van der Waals surface area contributed by atoms with Crippen LogP contribution in [0.1, 0.15) is 41.8 Å². The number of ether oxygens (including phenoxy) is 3. The minimum absolute atomic E-state index is 0.0449. The second-order valence-electron chi connectivity index (χ2n) is 8.46. The van der Waals surface area contributed by atoms with Crippen LogP contribution in [-0.4, -0.2) is 23.5 Å². The van der Waals surface area contributed by atoms with Crippen LogP contribution in [0.3, 0.4) is 0 Å². The molecule has 5 nitrogen and oxygen atoms in total. The number of rotatable bonds is 6. The van der Waals surface area contributed by atoms with Crippen molar-refractivity contribution >= 4 is 17.1 Å². The molecule has 0 N–H and O–H groups in total. The lowest BCUT2D eigenvalue weighted by atomic mass is 9.92. The molecule has 164 valence electrons. The fraction of sp³-hybridized carbons (Fsp3) is 0.259. The first-order valence-electron chi connectivity index (χ1n) is 10.6. The molecule has 32 heavy (non-hydrogen) atoms. The molecular weight excluding hydrogens is 402 g/mol. The number of ketones is 1. The maximum absolute atomic E-state index is 13.1. The number of methoxy groups -OCH3 is 1. The molecule has 4 rings (SSSR count). The fourth-order valence-electron chi connectivity index (χ4n) is 3.73. The minimum atomic E-state index is -0.922. The fourth-order valence-corrected chi connectivity index (χ4v) is 3.73. The van der Waals surface area contributed by atoms with Gasteiger partial charge in [0.25, 0.3) is 0 Å². The van der Waals surface area contributed by atoms with Gasteiger partial charge in [-0.15, -0.1) is 0 Å². The Morgan fingerprint density at radius 3 is 2.19 bits per heavy atom. The first kappa shape index (κ1) is 21.6. The van der Waals surface area contributed by atoms with Gasteiger partial charge in [0.2, 0.25) is 5.78 Å². The number of benzene rings is 2. The zero-order chi connectivity index (χ0) is 22.9. The SMILES string of the molecule is COc1ccc(C2=C(c3ccc(OCc4ncc(C)cc4C)cc3)C(=O)C(C)(C)O2)cc1. The average Bonchev–Trinajstić information content (AvgIpc) is 3.02. The number of Topliss-reactive ketones (excluding diaryl/α,β-unsaturated/α-hetero) is 1. The summed E-state index contributed by atoms with van der Waals surface area (Å²) in [7, 11) is 1.62. The Labute approximate surface area is 188 Å². The lowest BCUT2D eigenvalue weighted by Gasteiger charge is -2.17. The highest BCUT2D eigenvalue weighted by atomic mass is 16.5. The maximum atomic E-state index is 13.1. The van der Waals surface area contributed by atoms with Crippen molar-refractivity contribution in [3.63, 3.8) is 0 Å². The highest BCUT2D eigenvalue weighted by Crippen LogP contribution is 2.41. The van der Waals surface area contributed by atoms with Crippen molar-refractivity contribution in [2.45, 2.75) is 39.9 Å². The number of aromatic nitrogens is 1. The summed E-state index contributed by atoms with van der Waals surface area (Å²) in [5.41, 5.74) is 4.42. The Morgan fingerprint density at radius 2 is 1.56 bits per heavy atom. The molecule has 0 saturated carbocycles. The molecule has 2 aromatic carbocycles. The smallest absolute Gasteiger partial charge is 0.210 e. The first-order valence-corrected chi connectivity index (χ1v) is 10.6. The largest absolute Gasteiger partial charge is 0.497 e. The molecule has 0 spiro atoms. The molecule has 0 radical (unpaired) electrons. The van der Waals surface area contributed by atoms with Crippen LogP contribution in [0.2, 0.25) is 0 Å². The van der Waals surface area contributed by atoms with Crippen molar-refractivity contribution in [2.75, 3.05) is 7.11 Å². The molecule has 0 unspecified atom stereocenters. The van der Waals surface area contributed by atoms with Gasteiger partial charge in [0.05, 0.1) is 18.4 Å². The molecule has 1 aromatic heterocycles. The molecule has 0 bridgehead atoms. The summed E-state index contributed by atoms with van der Waals surface area (Å²) >= 11 is 0. The number of nitrogens with zero attached hydrogens (tertiary/aromatic N) is 1. The Balaban J connectivity index is 1.60. The van der Waals surface area contributed by atoms with Gasteiger partial charge in [-0.05, 0) is 80.8 Å². The lowest BCUT2D eigenvalue weighted by Crippen LogP contribution is -2.29. The predicted molar refractivity (Wildman–Crippen MR) is 124 cm³/mol. The van der Waals surface area contributed by atoms with E-state index in [0.29, 0.717) is 23.7 Å². The quantitative estimate of drug-likeness (QED) is 0.515. The van der Waals surface area contributed by atoms with Gasteiger partial charge < -0.3 is 14.2 Å². The summed E-state index contributed by atoms with van der Waals surface area (Å²) in [6, 6.07) is 17.1. The van der Waals surface area contributed by atoms with E-state index in [1.165, 1.54) is 0 Å². The zero-order valence-electron chi connectivity index (χ0n) is 19.1. The van der Waals surface area contributed by atoms with Crippen LogP contribution < -0.4 is 9.47 Å². The summed E-state index contributed by atoms with van der Waals surface area (Å²) in [6.45, 7) is 8.02. The van der Waals surface area contributed by atoms with Crippen molar-refractivity contribution < 1.29 is 19.0 Å². The molecule has 0 saturated heterocycles. The monoisotopic (exact) mass is 429 g/mol. The lowest BCUT2D eigenvalue weighted by molar-refractivity contribution is -0.125. The van der Waals surface area contributed by atoms with Gasteiger partial charge in [0.15, 0.2) is 5.60 Å². The summed E-state index contributed by atoms with van der Waals surface area (Å²) in [6.07, 6.45) is 1.84. The standard InChI is InChI=1S/C27H27NO4/c1-17-14-18(2)23(28-15-17)16-31-22-12-6-19(7-13-22)24-25(32-27(3,4)26(24)29)20-8-10-21(30-5)11-9-20/h6-15H,16H2,1-5H3. The van der Waals surface area contributed by atoms with E-state index in [9.17, 15) is 4.79 Å². The van der Waals surface area contributed by atoms with E-state index in [1.807, 2.05) is 68.6 Å². The third kappa shape index (κ3) is 4.24. The molecule has 0 atom stereocenters. The zero-order valence-corrected chi connectivity index (χ0v) is 19.1. The molecule has 1 aliphatic heterocycles. The number of hydrogen-bond acceptors (Lipinski definition) is 5. The van der Waals surface area contributed by atoms with Gasteiger partial charge in [-0.25, -0.2) is 0 Å². The van der Waals surface area contributed by atoms with Crippen LogP contribution in [0.25, 0.3) is 11.3 Å². The first-order chi connectivity index (χ1) is 15.3. The van der Waals surface area contributed by atoms with E-state index in [0.717, 1.165) is 33.7 Å². The van der Waals surface area contributed by atoms with Crippen LogP contribution in [0.15, 0.2) is 60.8 Å². The average molecular weight is 430 g/mol. The van der Waals surface area contributed by atoms with Gasteiger partial charge in [0.1, 0.15) is 23.9 Å². The van der Waals surface area contributed by atoms with E-state index in [4.69, 9.17) is 14.2 Å². The van der Waals surface area contributed by atoms with Crippen molar-refractivity contribution in [1.29, 1.82) is 0 Å². The van der Waals surface area contributed by atoms with E-state index in [-0.39, 0.29) is 5.78 Å². The third-order valence-electron chi connectivity index (χ3n) is 5.55. The predicted octanol–water partition coefficient (Wildman–Crippen LogP) is 5.53. The molecule has 3 aromatic rings. The van der Waals surface area contributed by atoms with Crippen LogP contribution in [0.4, 0.5) is 0 Å². The number of carbonyl (C=O) groups excluding carboxylic acids is 1.